The molecule has 28 heavy (non-hydrogen) atoms. The van der Waals surface area contributed by atoms with Crippen molar-refractivity contribution in [3.05, 3.63) is 66.9 Å². The number of rotatable bonds is 2. The minimum absolute atomic E-state index is 0.0725. The van der Waals surface area contributed by atoms with E-state index in [1.54, 1.807) is 4.90 Å². The highest BCUT2D eigenvalue weighted by atomic mass is 16.5. The lowest BCUT2D eigenvalue weighted by Gasteiger charge is -2.48. The number of carbonyl (C=O) groups is 2. The van der Waals surface area contributed by atoms with Crippen molar-refractivity contribution in [1.29, 1.82) is 0 Å². The molecule has 0 unspecified atom stereocenters. The molecule has 146 valence electrons. The quantitative estimate of drug-likeness (QED) is 0.583. The van der Waals surface area contributed by atoms with Crippen molar-refractivity contribution in [3.8, 4) is 0 Å². The molecule has 0 saturated carbocycles. The zero-order valence-electron chi connectivity index (χ0n) is 16.0. The van der Waals surface area contributed by atoms with E-state index in [0.717, 1.165) is 16.8 Å². The number of hydrogen-bond acceptors (Lipinski definition) is 5. The lowest BCUT2D eigenvalue weighted by Crippen LogP contribution is -2.61. The zero-order valence-corrected chi connectivity index (χ0v) is 16.0. The van der Waals surface area contributed by atoms with Crippen LogP contribution in [0, 0.1) is 0 Å². The summed E-state index contributed by atoms with van der Waals surface area (Å²) in [6.07, 6.45) is 6.29. The number of hydrogen-bond donors (Lipinski definition) is 0. The molecule has 1 amide bonds. The molecule has 0 radical (unpaired) electrons. The summed E-state index contributed by atoms with van der Waals surface area (Å²) >= 11 is 0. The van der Waals surface area contributed by atoms with Crippen molar-refractivity contribution in [2.45, 2.75) is 30.3 Å². The van der Waals surface area contributed by atoms with E-state index in [0.29, 0.717) is 13.0 Å². The number of methoxy groups -OCH3 is 1. The third-order valence-electron chi connectivity index (χ3n) is 5.88. The van der Waals surface area contributed by atoms with Gasteiger partial charge in [-0.25, -0.2) is 4.79 Å². The molecule has 3 atom stereocenters. The predicted octanol–water partition coefficient (Wildman–Crippen LogP) is 3.16. The van der Waals surface area contributed by atoms with E-state index in [1.165, 1.54) is 7.11 Å². The van der Waals surface area contributed by atoms with Gasteiger partial charge in [-0.05, 0) is 29.8 Å². The SMILES string of the molecule is C=CC[C@H]1[C@@H]2N(C(=O)OC)c3ccccc3[C@]23C=CN1CC(=C)COC(=O)C3. The maximum atomic E-state index is 12.9. The molecule has 1 saturated heterocycles. The van der Waals surface area contributed by atoms with E-state index in [9.17, 15) is 9.59 Å². The third kappa shape index (κ3) is 2.63. The Balaban J connectivity index is 1.96. The first-order valence-electron chi connectivity index (χ1n) is 9.37. The van der Waals surface area contributed by atoms with E-state index < -0.39 is 11.5 Å². The van der Waals surface area contributed by atoms with Crippen molar-refractivity contribution in [1.82, 2.24) is 4.90 Å². The number of para-hydroxylation sites is 1. The fraction of sp³-hybridized carbons (Fsp3) is 0.364. The van der Waals surface area contributed by atoms with Gasteiger partial charge in [-0.3, -0.25) is 9.69 Å². The molecule has 0 aliphatic carbocycles. The Kier molecular flexibility index (Phi) is 4.49. The summed E-state index contributed by atoms with van der Waals surface area (Å²) in [4.78, 5) is 29.4. The number of carbonyl (C=O) groups excluding carboxylic acids is 2. The molecule has 4 aliphatic heterocycles. The molecule has 6 heteroatoms. The van der Waals surface area contributed by atoms with Gasteiger partial charge in [-0.15, -0.1) is 6.58 Å². The summed E-state index contributed by atoms with van der Waals surface area (Å²) in [5.74, 6) is -0.301. The topological polar surface area (TPSA) is 59.1 Å². The van der Waals surface area contributed by atoms with Crippen molar-refractivity contribution >= 4 is 17.7 Å². The smallest absolute Gasteiger partial charge is 0.414 e. The molecule has 0 N–H and O–H groups in total. The molecule has 1 aromatic carbocycles. The summed E-state index contributed by atoms with van der Waals surface area (Å²) in [5, 5.41) is 0. The van der Waals surface area contributed by atoms with Crippen LogP contribution in [0.15, 0.2) is 61.3 Å². The van der Waals surface area contributed by atoms with Crippen molar-refractivity contribution in [2.75, 3.05) is 25.2 Å². The zero-order chi connectivity index (χ0) is 19.9. The van der Waals surface area contributed by atoms with Crippen molar-refractivity contribution in [3.63, 3.8) is 0 Å². The van der Waals surface area contributed by atoms with Crippen molar-refractivity contribution in [2.24, 2.45) is 0 Å². The number of esters is 1. The van der Waals surface area contributed by atoms with E-state index in [2.05, 4.69) is 18.1 Å². The first-order chi connectivity index (χ1) is 13.5. The van der Waals surface area contributed by atoms with Crippen LogP contribution in [0.5, 0.6) is 0 Å². The molecular weight excluding hydrogens is 356 g/mol. The van der Waals surface area contributed by atoms with Gasteiger partial charge in [0.15, 0.2) is 0 Å². The van der Waals surface area contributed by atoms with Crippen LogP contribution in [0.25, 0.3) is 0 Å². The molecule has 6 nitrogen and oxygen atoms in total. The lowest BCUT2D eigenvalue weighted by molar-refractivity contribution is -0.144. The number of ether oxygens (including phenoxy) is 2. The van der Waals surface area contributed by atoms with Gasteiger partial charge in [0.05, 0.1) is 36.7 Å². The standard InChI is InChI=1S/C22H24N2O4/c1-4-7-18-20-22(10-11-23(18)13-15(2)14-28-19(25)12-22)16-8-5-6-9-17(16)24(20)21(26)27-3/h4-6,8-11,18,20H,1-2,7,12-14H2,3H3/t18-,20-,22+/m0/s1. The number of fused-ring (bicyclic) bond motifs is 6. The second kappa shape index (κ2) is 6.86. The van der Waals surface area contributed by atoms with Crippen LogP contribution in [-0.2, 0) is 19.7 Å². The molecule has 1 spiro atoms. The lowest BCUT2D eigenvalue weighted by atomic mass is 9.69. The van der Waals surface area contributed by atoms with Gasteiger partial charge in [0, 0.05) is 6.54 Å². The molecule has 1 aromatic rings. The highest BCUT2D eigenvalue weighted by Crippen LogP contribution is 2.53. The summed E-state index contributed by atoms with van der Waals surface area (Å²) in [7, 11) is 1.38. The van der Waals surface area contributed by atoms with Gasteiger partial charge in [0.2, 0.25) is 0 Å². The van der Waals surface area contributed by atoms with E-state index >= 15 is 0 Å². The van der Waals surface area contributed by atoms with Gasteiger partial charge in [0.1, 0.15) is 6.61 Å². The van der Waals surface area contributed by atoms with Crippen molar-refractivity contribution < 1.29 is 19.1 Å². The monoisotopic (exact) mass is 380 g/mol. The molecule has 4 aliphatic rings. The molecule has 0 aromatic heterocycles. The first-order valence-corrected chi connectivity index (χ1v) is 9.37. The minimum Gasteiger partial charge on any atom is -0.461 e. The molecular formula is C22H24N2O4. The van der Waals surface area contributed by atoms with Crippen LogP contribution in [0.4, 0.5) is 10.5 Å². The van der Waals surface area contributed by atoms with Crippen LogP contribution in [0.2, 0.25) is 0 Å². The van der Waals surface area contributed by atoms with Gasteiger partial charge in [0.25, 0.3) is 0 Å². The first kappa shape index (κ1) is 18.3. The Hall–Kier alpha value is -3.02. The van der Waals surface area contributed by atoms with Crippen LogP contribution < -0.4 is 4.90 Å². The Morgan fingerprint density at radius 2 is 2.21 bits per heavy atom. The van der Waals surface area contributed by atoms with Gasteiger partial charge in [-0.2, -0.15) is 0 Å². The number of amides is 1. The summed E-state index contributed by atoms with van der Waals surface area (Å²) in [6, 6.07) is 7.31. The highest BCUT2D eigenvalue weighted by Gasteiger charge is 2.58. The van der Waals surface area contributed by atoms with Crippen LogP contribution in [-0.4, -0.2) is 49.3 Å². The van der Waals surface area contributed by atoms with E-state index in [-0.39, 0.29) is 31.1 Å². The summed E-state index contributed by atoms with van der Waals surface area (Å²) in [5.41, 5.74) is 1.84. The Bertz CT molecular complexity index is 877. The Morgan fingerprint density at radius 1 is 1.43 bits per heavy atom. The number of benzene rings is 1. The second-order valence-electron chi connectivity index (χ2n) is 7.51. The number of nitrogens with zero attached hydrogens (tertiary/aromatic N) is 2. The molecule has 1 fully saturated rings. The van der Waals surface area contributed by atoms with E-state index in [1.807, 2.05) is 42.6 Å². The maximum absolute atomic E-state index is 12.9. The maximum Gasteiger partial charge on any atom is 0.414 e. The average Bonchev–Trinajstić information content (AvgIpc) is 2.98. The fourth-order valence-corrected chi connectivity index (χ4v) is 4.79. The molecule has 5 rings (SSSR count). The van der Waals surface area contributed by atoms with Gasteiger partial charge in [-0.1, -0.05) is 36.9 Å². The van der Waals surface area contributed by atoms with E-state index in [4.69, 9.17) is 9.47 Å². The van der Waals surface area contributed by atoms with Crippen LogP contribution in [0.3, 0.4) is 0 Å². The highest BCUT2D eigenvalue weighted by molar-refractivity contribution is 5.94. The third-order valence-corrected chi connectivity index (χ3v) is 5.88. The Morgan fingerprint density at radius 3 is 2.96 bits per heavy atom. The normalized spacial score (nSPS) is 28.5. The average molecular weight is 380 g/mol. The summed E-state index contributed by atoms with van der Waals surface area (Å²) in [6.45, 7) is 8.71. The van der Waals surface area contributed by atoms with Gasteiger partial charge >= 0.3 is 12.1 Å². The second-order valence-corrected chi connectivity index (χ2v) is 7.51. The number of anilines is 1. The molecule has 4 heterocycles. The predicted molar refractivity (Wildman–Crippen MR) is 106 cm³/mol. The van der Waals surface area contributed by atoms with Crippen LogP contribution >= 0.6 is 0 Å². The summed E-state index contributed by atoms with van der Waals surface area (Å²) < 4.78 is 10.6. The fourth-order valence-electron chi connectivity index (χ4n) is 4.79. The van der Waals surface area contributed by atoms with Crippen LogP contribution in [0.1, 0.15) is 18.4 Å². The largest absolute Gasteiger partial charge is 0.461 e. The van der Waals surface area contributed by atoms with Gasteiger partial charge < -0.3 is 14.4 Å². The Labute approximate surface area is 164 Å². The molecule has 2 bridgehead atoms. The minimum atomic E-state index is -0.676.